The molecule has 112 valence electrons. The van der Waals surface area contributed by atoms with Gasteiger partial charge in [0.1, 0.15) is 11.6 Å². The van der Waals surface area contributed by atoms with Crippen molar-refractivity contribution in [2.45, 2.75) is 18.4 Å². The maximum atomic E-state index is 13.5. The first kappa shape index (κ1) is 15.4. The van der Waals surface area contributed by atoms with Gasteiger partial charge in [0.05, 0.1) is 10.6 Å². The Kier molecular flexibility index (Phi) is 4.24. The minimum Gasteiger partial charge on any atom is -0.326 e. The van der Waals surface area contributed by atoms with Crippen molar-refractivity contribution < 1.29 is 17.2 Å². The first-order valence-electron chi connectivity index (χ1n) is 6.11. The van der Waals surface area contributed by atoms with E-state index in [0.717, 1.165) is 18.2 Å². The topological polar surface area (TPSA) is 72.2 Å². The van der Waals surface area contributed by atoms with Crippen LogP contribution in [0.4, 0.5) is 14.5 Å². The van der Waals surface area contributed by atoms with Gasteiger partial charge in [-0.1, -0.05) is 12.1 Å². The van der Waals surface area contributed by atoms with Crippen molar-refractivity contribution in [1.29, 1.82) is 0 Å². The van der Waals surface area contributed by atoms with Crippen LogP contribution in [0.2, 0.25) is 0 Å². The molecule has 3 N–H and O–H groups in total. The molecule has 0 unspecified atom stereocenters. The highest BCUT2D eigenvalue weighted by molar-refractivity contribution is 7.92. The van der Waals surface area contributed by atoms with Crippen LogP contribution in [-0.2, 0) is 16.6 Å². The third-order valence-corrected chi connectivity index (χ3v) is 4.59. The Labute approximate surface area is 121 Å². The number of hydrogen-bond acceptors (Lipinski definition) is 3. The van der Waals surface area contributed by atoms with E-state index in [4.69, 9.17) is 5.73 Å². The van der Waals surface area contributed by atoms with E-state index >= 15 is 0 Å². The largest absolute Gasteiger partial charge is 0.326 e. The van der Waals surface area contributed by atoms with E-state index in [9.17, 15) is 17.2 Å². The third kappa shape index (κ3) is 3.20. The van der Waals surface area contributed by atoms with Crippen molar-refractivity contribution in [2.24, 2.45) is 5.73 Å². The van der Waals surface area contributed by atoms with Gasteiger partial charge in [-0.15, -0.1) is 0 Å². The highest BCUT2D eigenvalue weighted by atomic mass is 32.2. The number of rotatable bonds is 4. The lowest BCUT2D eigenvalue weighted by Gasteiger charge is -2.13. The SMILES string of the molecule is Cc1c(CN)cccc1S(=O)(=O)Nc1cc(F)ccc1F. The van der Waals surface area contributed by atoms with E-state index in [-0.39, 0.29) is 11.4 Å². The normalized spacial score (nSPS) is 11.4. The summed E-state index contributed by atoms with van der Waals surface area (Å²) < 4.78 is 53.3. The van der Waals surface area contributed by atoms with Gasteiger partial charge < -0.3 is 5.73 Å². The van der Waals surface area contributed by atoms with Crippen LogP contribution in [0.25, 0.3) is 0 Å². The molecular formula is C14H14F2N2O2S. The Morgan fingerprint density at radius 2 is 1.90 bits per heavy atom. The molecule has 0 aliphatic carbocycles. The lowest BCUT2D eigenvalue weighted by Crippen LogP contribution is -2.16. The molecule has 7 heteroatoms. The van der Waals surface area contributed by atoms with E-state index in [2.05, 4.69) is 4.72 Å². The first-order chi connectivity index (χ1) is 9.85. The summed E-state index contributed by atoms with van der Waals surface area (Å²) in [7, 11) is -4.03. The maximum absolute atomic E-state index is 13.5. The Hall–Kier alpha value is -1.99. The van der Waals surface area contributed by atoms with Crippen LogP contribution in [-0.4, -0.2) is 8.42 Å². The summed E-state index contributed by atoms with van der Waals surface area (Å²) in [5.74, 6) is -1.59. The lowest BCUT2D eigenvalue weighted by molar-refractivity contribution is 0.594. The number of nitrogens with two attached hydrogens (primary N) is 1. The summed E-state index contributed by atoms with van der Waals surface area (Å²) in [6.07, 6.45) is 0. The van der Waals surface area contributed by atoms with Crippen LogP contribution >= 0.6 is 0 Å². The van der Waals surface area contributed by atoms with Crippen molar-refractivity contribution in [3.8, 4) is 0 Å². The van der Waals surface area contributed by atoms with Crippen molar-refractivity contribution >= 4 is 15.7 Å². The molecule has 0 aromatic heterocycles. The van der Waals surface area contributed by atoms with Gasteiger partial charge in [-0.2, -0.15) is 0 Å². The molecule has 0 aliphatic rings. The Bertz CT molecular complexity index is 777. The van der Waals surface area contributed by atoms with Crippen LogP contribution in [0, 0.1) is 18.6 Å². The molecule has 0 fully saturated rings. The lowest BCUT2D eigenvalue weighted by atomic mass is 10.1. The molecule has 21 heavy (non-hydrogen) atoms. The third-order valence-electron chi connectivity index (χ3n) is 3.08. The number of halogens is 2. The zero-order valence-corrected chi connectivity index (χ0v) is 12.0. The number of sulfonamides is 1. The van der Waals surface area contributed by atoms with E-state index in [1.165, 1.54) is 6.07 Å². The summed E-state index contributed by atoms with van der Waals surface area (Å²) in [5.41, 5.74) is 6.24. The minimum absolute atomic E-state index is 0.0193. The van der Waals surface area contributed by atoms with E-state index in [1.807, 2.05) is 0 Å². The zero-order chi connectivity index (χ0) is 15.6. The van der Waals surface area contributed by atoms with Crippen LogP contribution in [0.15, 0.2) is 41.3 Å². The van der Waals surface area contributed by atoms with Crippen molar-refractivity contribution in [3.05, 3.63) is 59.2 Å². The Morgan fingerprint density at radius 1 is 1.19 bits per heavy atom. The quantitative estimate of drug-likeness (QED) is 0.911. The second-order valence-electron chi connectivity index (χ2n) is 4.47. The summed E-state index contributed by atoms with van der Waals surface area (Å²) in [6.45, 7) is 1.79. The van der Waals surface area contributed by atoms with Crippen molar-refractivity contribution in [1.82, 2.24) is 0 Å². The average molecular weight is 312 g/mol. The van der Waals surface area contributed by atoms with Gasteiger partial charge >= 0.3 is 0 Å². The Balaban J connectivity index is 2.46. The highest BCUT2D eigenvalue weighted by Gasteiger charge is 2.20. The monoisotopic (exact) mass is 312 g/mol. The fourth-order valence-corrected chi connectivity index (χ4v) is 3.30. The summed E-state index contributed by atoms with van der Waals surface area (Å²) in [6, 6.07) is 7.19. The van der Waals surface area contributed by atoms with Gasteiger partial charge in [0.2, 0.25) is 0 Å². The smallest absolute Gasteiger partial charge is 0.262 e. The molecule has 0 radical (unpaired) electrons. The minimum atomic E-state index is -4.03. The molecule has 2 rings (SSSR count). The van der Waals surface area contributed by atoms with Gasteiger partial charge in [-0.3, -0.25) is 4.72 Å². The van der Waals surface area contributed by atoms with Crippen molar-refractivity contribution in [2.75, 3.05) is 4.72 Å². The predicted octanol–water partition coefficient (Wildman–Crippen LogP) is 2.53. The summed E-state index contributed by atoms with van der Waals surface area (Å²) in [4.78, 5) is -0.0193. The molecule has 0 atom stereocenters. The molecule has 0 heterocycles. The molecular weight excluding hydrogens is 298 g/mol. The molecule has 2 aromatic carbocycles. The fraction of sp³-hybridized carbons (Fsp3) is 0.143. The Morgan fingerprint density at radius 3 is 2.57 bits per heavy atom. The average Bonchev–Trinajstić information content (AvgIpc) is 2.42. The van der Waals surface area contributed by atoms with Gasteiger partial charge in [0.25, 0.3) is 10.0 Å². The molecule has 0 aliphatic heterocycles. The zero-order valence-electron chi connectivity index (χ0n) is 11.2. The standard InChI is InChI=1S/C14H14F2N2O2S/c1-9-10(8-17)3-2-4-14(9)21(19,20)18-13-7-11(15)5-6-12(13)16/h2-7,18H,8,17H2,1H3. The number of hydrogen-bond donors (Lipinski definition) is 2. The number of benzene rings is 2. The van der Waals surface area contributed by atoms with Gasteiger partial charge in [0, 0.05) is 12.6 Å². The van der Waals surface area contributed by atoms with Gasteiger partial charge in [0.15, 0.2) is 0 Å². The highest BCUT2D eigenvalue weighted by Crippen LogP contribution is 2.23. The van der Waals surface area contributed by atoms with Crippen molar-refractivity contribution in [3.63, 3.8) is 0 Å². The van der Waals surface area contributed by atoms with Gasteiger partial charge in [-0.05, 0) is 36.2 Å². The van der Waals surface area contributed by atoms with E-state index in [1.54, 1.807) is 19.1 Å². The number of nitrogens with one attached hydrogen (secondary N) is 1. The molecule has 2 aromatic rings. The second kappa shape index (κ2) is 5.79. The second-order valence-corrected chi connectivity index (χ2v) is 6.12. The molecule has 4 nitrogen and oxygen atoms in total. The van der Waals surface area contributed by atoms with E-state index < -0.39 is 27.3 Å². The predicted molar refractivity (Wildman–Crippen MR) is 76.2 cm³/mol. The van der Waals surface area contributed by atoms with Crippen LogP contribution in [0.5, 0.6) is 0 Å². The summed E-state index contributed by atoms with van der Waals surface area (Å²) in [5, 5.41) is 0. The molecule has 0 bridgehead atoms. The van der Waals surface area contributed by atoms with Crippen LogP contribution in [0.1, 0.15) is 11.1 Å². The van der Waals surface area contributed by atoms with E-state index in [0.29, 0.717) is 11.1 Å². The van der Waals surface area contributed by atoms with Gasteiger partial charge in [-0.25, -0.2) is 17.2 Å². The molecule has 0 saturated carbocycles. The first-order valence-corrected chi connectivity index (χ1v) is 7.60. The number of anilines is 1. The fourth-order valence-electron chi connectivity index (χ4n) is 1.95. The van der Waals surface area contributed by atoms with Crippen LogP contribution < -0.4 is 10.5 Å². The molecule has 0 saturated heterocycles. The maximum Gasteiger partial charge on any atom is 0.262 e. The summed E-state index contributed by atoms with van der Waals surface area (Å²) >= 11 is 0. The molecule has 0 spiro atoms. The molecule has 0 amide bonds. The van der Waals surface area contributed by atoms with Crippen LogP contribution in [0.3, 0.4) is 0 Å².